The van der Waals surface area contributed by atoms with Crippen LogP contribution in [0.25, 0.3) is 22.4 Å². The Kier molecular flexibility index (Phi) is 5.59. The molecule has 178 valence electrons. The van der Waals surface area contributed by atoms with Gasteiger partial charge in [-0.2, -0.15) is 10.2 Å². The van der Waals surface area contributed by atoms with Gasteiger partial charge in [0.2, 0.25) is 0 Å². The maximum Gasteiger partial charge on any atom is 0.279 e. The number of nitrogens with one attached hydrogen (secondary N) is 2. The molecule has 1 fully saturated rings. The molecule has 1 aliphatic carbocycles. The van der Waals surface area contributed by atoms with E-state index in [9.17, 15) is 9.18 Å². The summed E-state index contributed by atoms with van der Waals surface area (Å²) < 4.78 is 21.4. The first-order valence-corrected chi connectivity index (χ1v) is 11.7. The van der Waals surface area contributed by atoms with E-state index in [0.29, 0.717) is 29.5 Å². The molecular weight excluding hydrogens is 459 g/mol. The molecule has 1 aliphatic heterocycles. The average molecular weight is 485 g/mol. The Balaban J connectivity index is 1.57. The van der Waals surface area contributed by atoms with E-state index in [1.54, 1.807) is 6.07 Å². The number of carbonyl (C=O) groups excluding carboxylic acids is 1. The van der Waals surface area contributed by atoms with Crippen molar-refractivity contribution in [2.24, 2.45) is 10.8 Å². The number of amidine groups is 1. The fourth-order valence-electron chi connectivity index (χ4n) is 4.92. The Morgan fingerprint density at radius 2 is 2.09 bits per heavy atom. The molecule has 0 bridgehead atoms. The number of carbonyl (C=O) groups is 1. The molecule has 3 aromatic rings. The van der Waals surface area contributed by atoms with Crippen LogP contribution in [-0.4, -0.2) is 27.6 Å². The first kappa shape index (κ1) is 22.5. The largest absolute Gasteiger partial charge is 0.454 e. The van der Waals surface area contributed by atoms with Gasteiger partial charge in [-0.25, -0.2) is 4.39 Å². The van der Waals surface area contributed by atoms with Gasteiger partial charge in [0, 0.05) is 22.0 Å². The third-order valence-corrected chi connectivity index (χ3v) is 6.96. The molecule has 0 saturated heterocycles. The van der Waals surface area contributed by atoms with Crippen LogP contribution >= 0.6 is 11.6 Å². The van der Waals surface area contributed by atoms with Crippen molar-refractivity contribution in [1.82, 2.24) is 20.5 Å². The van der Waals surface area contributed by atoms with Crippen molar-refractivity contribution in [3.05, 3.63) is 52.4 Å². The summed E-state index contributed by atoms with van der Waals surface area (Å²) in [5.74, 6) is -0.683. The van der Waals surface area contributed by atoms with E-state index in [-0.39, 0.29) is 18.1 Å². The number of hydrogen-bond acceptors (Lipinski definition) is 6. The van der Waals surface area contributed by atoms with Crippen LogP contribution < -0.4 is 16.5 Å². The van der Waals surface area contributed by atoms with Crippen molar-refractivity contribution in [3.8, 4) is 11.5 Å². The molecule has 1 amide bonds. The summed E-state index contributed by atoms with van der Waals surface area (Å²) in [7, 11) is 0. The highest BCUT2D eigenvalue weighted by Gasteiger charge is 2.35. The van der Waals surface area contributed by atoms with E-state index in [2.05, 4.69) is 22.4 Å². The number of aromatic nitrogens is 2. The second kappa shape index (κ2) is 8.47. The van der Waals surface area contributed by atoms with Gasteiger partial charge in [-0.05, 0) is 57.7 Å². The summed E-state index contributed by atoms with van der Waals surface area (Å²) in [5, 5.41) is 13.5. The number of rotatable bonds is 4. The number of halogens is 2. The molecule has 0 spiro atoms. The Bertz CT molecular complexity index is 1330. The van der Waals surface area contributed by atoms with E-state index in [4.69, 9.17) is 26.9 Å². The van der Waals surface area contributed by atoms with Gasteiger partial charge >= 0.3 is 0 Å². The summed E-state index contributed by atoms with van der Waals surface area (Å²) in [6.07, 6.45) is 2.89. The lowest BCUT2D eigenvalue weighted by Gasteiger charge is -2.30. The molecule has 3 heterocycles. The molecule has 1 saturated carbocycles. The number of amides is 1. The third kappa shape index (κ3) is 3.73. The van der Waals surface area contributed by atoms with Crippen LogP contribution in [0.15, 0.2) is 40.1 Å². The summed E-state index contributed by atoms with van der Waals surface area (Å²) in [6.45, 7) is 7.05. The molecule has 1 atom stereocenters. The molecule has 0 radical (unpaired) electrons. The SMILES string of the molecule is C=C(F)C(=O)NC1CCC(n2nc3c(c2-c2oc4ccc(Cl)cc4c2C)C(N)=NNC3C)CC1. The molecule has 1 unspecified atom stereocenters. The van der Waals surface area contributed by atoms with Gasteiger partial charge in [-0.3, -0.25) is 14.9 Å². The third-order valence-electron chi connectivity index (χ3n) is 6.72. The van der Waals surface area contributed by atoms with E-state index < -0.39 is 11.7 Å². The summed E-state index contributed by atoms with van der Waals surface area (Å²) in [4.78, 5) is 11.7. The normalized spacial score (nSPS) is 22.1. The number of furan rings is 1. The highest BCUT2D eigenvalue weighted by molar-refractivity contribution is 6.31. The monoisotopic (exact) mass is 484 g/mol. The van der Waals surface area contributed by atoms with Crippen molar-refractivity contribution in [3.63, 3.8) is 0 Å². The fraction of sp³-hybridized carbons (Fsp3) is 0.375. The minimum Gasteiger partial charge on any atom is -0.454 e. The zero-order valence-corrected chi connectivity index (χ0v) is 19.7. The highest BCUT2D eigenvalue weighted by Crippen LogP contribution is 2.42. The standard InChI is InChI=1S/C24H26ClFN6O2/c1-11-17-10-14(25)4-9-18(17)34-22(11)21-19-20(13(3)29-30-23(19)27)31-32(21)16-7-5-15(6-8-16)28-24(33)12(2)26/h4,9-10,13,15-16,29H,2,5-8H2,1,3H3,(H2,27,30)(H,28,33). The number of benzene rings is 1. The van der Waals surface area contributed by atoms with Crippen LogP contribution in [0.5, 0.6) is 0 Å². The Morgan fingerprint density at radius 1 is 1.35 bits per heavy atom. The van der Waals surface area contributed by atoms with E-state index in [1.807, 2.05) is 30.7 Å². The lowest BCUT2D eigenvalue weighted by atomic mass is 9.90. The molecular formula is C24H26ClFN6O2. The lowest BCUT2D eigenvalue weighted by Crippen LogP contribution is -2.38. The van der Waals surface area contributed by atoms with Crippen LogP contribution in [0.1, 0.15) is 61.5 Å². The summed E-state index contributed by atoms with van der Waals surface area (Å²) in [6, 6.07) is 5.38. The molecule has 8 nitrogen and oxygen atoms in total. The molecule has 1 aromatic carbocycles. The number of fused-ring (bicyclic) bond motifs is 2. The Labute approximate surface area is 201 Å². The van der Waals surface area contributed by atoms with E-state index in [1.165, 1.54) is 0 Å². The number of nitrogens with zero attached hydrogens (tertiary/aromatic N) is 3. The van der Waals surface area contributed by atoms with Crippen molar-refractivity contribution >= 4 is 34.3 Å². The number of hydrazone groups is 1. The molecule has 2 aromatic heterocycles. The topological polar surface area (TPSA) is 110 Å². The van der Waals surface area contributed by atoms with Crippen molar-refractivity contribution < 1.29 is 13.6 Å². The molecule has 5 rings (SSSR count). The highest BCUT2D eigenvalue weighted by atomic mass is 35.5. The van der Waals surface area contributed by atoms with Gasteiger partial charge in [0.05, 0.1) is 23.3 Å². The maximum atomic E-state index is 13.1. The first-order valence-electron chi connectivity index (χ1n) is 11.3. The van der Waals surface area contributed by atoms with Gasteiger partial charge in [0.25, 0.3) is 5.91 Å². The lowest BCUT2D eigenvalue weighted by molar-refractivity contribution is -0.119. The zero-order chi connectivity index (χ0) is 24.1. The maximum absolute atomic E-state index is 13.1. The van der Waals surface area contributed by atoms with Crippen LogP contribution in [-0.2, 0) is 4.79 Å². The second-order valence-electron chi connectivity index (χ2n) is 8.98. The molecule has 10 heteroatoms. The van der Waals surface area contributed by atoms with Gasteiger partial charge in [-0.15, -0.1) is 0 Å². The first-order chi connectivity index (χ1) is 16.2. The zero-order valence-electron chi connectivity index (χ0n) is 19.0. The van der Waals surface area contributed by atoms with Gasteiger partial charge in [0.15, 0.2) is 17.4 Å². The molecule has 34 heavy (non-hydrogen) atoms. The predicted octanol–water partition coefficient (Wildman–Crippen LogP) is 4.63. The van der Waals surface area contributed by atoms with Crippen LogP contribution in [0.2, 0.25) is 5.02 Å². The Morgan fingerprint density at radius 3 is 2.79 bits per heavy atom. The number of aryl methyl sites for hydroxylation is 1. The van der Waals surface area contributed by atoms with Crippen molar-refractivity contribution in [1.29, 1.82) is 0 Å². The average Bonchev–Trinajstić information content (AvgIpc) is 3.36. The van der Waals surface area contributed by atoms with Crippen molar-refractivity contribution in [2.75, 3.05) is 0 Å². The molecule has 2 aliphatic rings. The van der Waals surface area contributed by atoms with E-state index >= 15 is 0 Å². The summed E-state index contributed by atoms with van der Waals surface area (Å²) >= 11 is 6.24. The second-order valence-corrected chi connectivity index (χ2v) is 9.42. The minimum absolute atomic E-state index is 0.0542. The van der Waals surface area contributed by atoms with Crippen LogP contribution in [0.4, 0.5) is 4.39 Å². The summed E-state index contributed by atoms with van der Waals surface area (Å²) in [5.41, 5.74) is 13.4. The van der Waals surface area contributed by atoms with E-state index in [0.717, 1.165) is 46.3 Å². The van der Waals surface area contributed by atoms with Crippen molar-refractivity contribution in [2.45, 2.75) is 57.7 Å². The van der Waals surface area contributed by atoms with Crippen LogP contribution in [0, 0.1) is 6.92 Å². The number of hydrogen-bond donors (Lipinski definition) is 3. The van der Waals surface area contributed by atoms with Gasteiger partial charge in [-0.1, -0.05) is 18.2 Å². The fourth-order valence-corrected chi connectivity index (χ4v) is 5.09. The van der Waals surface area contributed by atoms with Gasteiger partial charge < -0.3 is 15.5 Å². The van der Waals surface area contributed by atoms with Gasteiger partial charge in [0.1, 0.15) is 11.3 Å². The Hall–Kier alpha value is -3.33. The molecule has 4 N–H and O–H groups in total. The van der Waals surface area contributed by atoms with Crippen LogP contribution in [0.3, 0.4) is 0 Å². The smallest absolute Gasteiger partial charge is 0.279 e. The minimum atomic E-state index is -0.971. The number of nitrogens with two attached hydrogens (primary N) is 1. The quantitative estimate of drug-likeness (QED) is 0.468. The predicted molar refractivity (Wildman–Crippen MR) is 129 cm³/mol.